The van der Waals surface area contributed by atoms with Crippen LogP contribution in [0.15, 0.2) is 42.5 Å². The fourth-order valence-electron chi connectivity index (χ4n) is 2.81. The van der Waals surface area contributed by atoms with E-state index in [1.165, 1.54) is 11.0 Å². The van der Waals surface area contributed by atoms with Gasteiger partial charge in [-0.1, -0.05) is 31.2 Å². The summed E-state index contributed by atoms with van der Waals surface area (Å²) in [5, 5.41) is 33.0. The van der Waals surface area contributed by atoms with Gasteiger partial charge in [0.25, 0.3) is 0 Å². The Hall–Kier alpha value is -2.73. The standard InChI is InChI=1S/C21H28N2O4/c1-5-14(2)23(20(25)26)17-9-10-18(19(24)12-17)22-13-15-7-6-8-16(11-15)21(3,4)27/h6-12,14,22,24,27H,5,13H2,1-4H3,(H,25,26)/t14-/m0/s1. The molecule has 2 rings (SSSR count). The lowest BCUT2D eigenvalue weighted by molar-refractivity contribution is 0.0785. The molecule has 2 aromatic carbocycles. The van der Waals surface area contributed by atoms with E-state index in [0.29, 0.717) is 24.3 Å². The van der Waals surface area contributed by atoms with Crippen LogP contribution in [-0.4, -0.2) is 27.5 Å². The first-order valence-corrected chi connectivity index (χ1v) is 9.04. The largest absolute Gasteiger partial charge is 0.506 e. The predicted molar refractivity (Wildman–Crippen MR) is 107 cm³/mol. The fourth-order valence-corrected chi connectivity index (χ4v) is 2.81. The number of carbonyl (C=O) groups is 1. The quantitative estimate of drug-likeness (QED) is 0.537. The monoisotopic (exact) mass is 372 g/mol. The smallest absolute Gasteiger partial charge is 0.412 e. The lowest BCUT2D eigenvalue weighted by Gasteiger charge is -2.26. The molecule has 0 saturated carbocycles. The van der Waals surface area contributed by atoms with E-state index in [4.69, 9.17) is 0 Å². The molecule has 0 bridgehead atoms. The second-order valence-corrected chi connectivity index (χ2v) is 7.22. The Bertz CT molecular complexity index is 799. The van der Waals surface area contributed by atoms with Gasteiger partial charge in [0.15, 0.2) is 0 Å². The third-order valence-corrected chi connectivity index (χ3v) is 4.61. The van der Waals surface area contributed by atoms with Crippen LogP contribution in [-0.2, 0) is 12.1 Å². The number of phenols is 1. The minimum absolute atomic E-state index is 0.0132. The zero-order chi connectivity index (χ0) is 20.2. The Kier molecular flexibility index (Phi) is 6.33. The molecule has 6 nitrogen and oxygen atoms in total. The number of phenolic OH excluding ortho intramolecular Hbond substituents is 1. The number of hydrogen-bond acceptors (Lipinski definition) is 4. The SMILES string of the molecule is CC[C@H](C)N(C(=O)O)c1ccc(NCc2cccc(C(C)(C)O)c2)c(O)c1. The van der Waals surface area contributed by atoms with Crippen molar-refractivity contribution in [1.29, 1.82) is 0 Å². The van der Waals surface area contributed by atoms with Crippen LogP contribution in [0.5, 0.6) is 5.75 Å². The van der Waals surface area contributed by atoms with E-state index in [1.807, 2.05) is 38.1 Å². The molecule has 146 valence electrons. The molecule has 0 aromatic heterocycles. The van der Waals surface area contributed by atoms with Gasteiger partial charge in [0.1, 0.15) is 5.75 Å². The first-order valence-electron chi connectivity index (χ1n) is 9.04. The minimum atomic E-state index is -1.05. The van der Waals surface area contributed by atoms with Crippen molar-refractivity contribution in [2.24, 2.45) is 0 Å². The molecule has 0 aliphatic heterocycles. The Balaban J connectivity index is 2.16. The fraction of sp³-hybridized carbons (Fsp3) is 0.381. The average Bonchev–Trinajstić information content (AvgIpc) is 2.60. The topological polar surface area (TPSA) is 93.0 Å². The molecule has 0 aliphatic rings. The second-order valence-electron chi connectivity index (χ2n) is 7.22. The third kappa shape index (κ3) is 5.14. The van der Waals surface area contributed by atoms with E-state index >= 15 is 0 Å². The lowest BCUT2D eigenvalue weighted by Crippen LogP contribution is -2.37. The molecule has 1 atom stereocenters. The Morgan fingerprint density at radius 1 is 1.22 bits per heavy atom. The van der Waals surface area contributed by atoms with E-state index in [-0.39, 0.29) is 11.8 Å². The molecule has 6 heteroatoms. The number of nitrogens with zero attached hydrogens (tertiary/aromatic N) is 1. The van der Waals surface area contributed by atoms with Crippen LogP contribution in [0.3, 0.4) is 0 Å². The highest BCUT2D eigenvalue weighted by Crippen LogP contribution is 2.31. The van der Waals surface area contributed by atoms with Gasteiger partial charge in [0, 0.05) is 18.7 Å². The van der Waals surface area contributed by atoms with Crippen LogP contribution in [0.4, 0.5) is 16.2 Å². The summed E-state index contributed by atoms with van der Waals surface area (Å²) in [5.74, 6) is -0.0132. The van der Waals surface area contributed by atoms with Crippen molar-refractivity contribution in [3.8, 4) is 5.75 Å². The lowest BCUT2D eigenvalue weighted by atomic mass is 9.96. The van der Waals surface area contributed by atoms with E-state index in [9.17, 15) is 20.1 Å². The Labute approximate surface area is 160 Å². The van der Waals surface area contributed by atoms with Gasteiger partial charge in [-0.25, -0.2) is 4.79 Å². The first kappa shape index (κ1) is 20.6. The molecule has 1 amide bonds. The van der Waals surface area contributed by atoms with Gasteiger partial charge in [-0.15, -0.1) is 0 Å². The summed E-state index contributed by atoms with van der Waals surface area (Å²) in [7, 11) is 0. The van der Waals surface area contributed by atoms with Crippen LogP contribution in [0, 0.1) is 0 Å². The minimum Gasteiger partial charge on any atom is -0.506 e. The zero-order valence-electron chi connectivity index (χ0n) is 16.2. The van der Waals surface area contributed by atoms with Crippen LogP contribution >= 0.6 is 0 Å². The summed E-state index contributed by atoms with van der Waals surface area (Å²) >= 11 is 0. The summed E-state index contributed by atoms with van der Waals surface area (Å²) in [4.78, 5) is 12.8. The number of aliphatic hydroxyl groups is 1. The molecule has 4 N–H and O–H groups in total. The highest BCUT2D eigenvalue weighted by atomic mass is 16.4. The van der Waals surface area contributed by atoms with Gasteiger partial charge in [0.2, 0.25) is 0 Å². The van der Waals surface area contributed by atoms with Gasteiger partial charge in [-0.3, -0.25) is 4.90 Å². The normalized spacial score (nSPS) is 12.5. The average molecular weight is 372 g/mol. The van der Waals surface area contributed by atoms with Gasteiger partial charge in [0.05, 0.1) is 17.0 Å². The van der Waals surface area contributed by atoms with Crippen molar-refractivity contribution in [1.82, 2.24) is 0 Å². The third-order valence-electron chi connectivity index (χ3n) is 4.61. The molecule has 0 unspecified atom stereocenters. The summed E-state index contributed by atoms with van der Waals surface area (Å²) in [6, 6.07) is 12.2. The number of nitrogens with one attached hydrogen (secondary N) is 1. The maximum Gasteiger partial charge on any atom is 0.412 e. The number of benzene rings is 2. The molecule has 2 aromatic rings. The zero-order valence-corrected chi connectivity index (χ0v) is 16.2. The number of anilines is 2. The second kappa shape index (κ2) is 8.31. The predicted octanol–water partition coefficient (Wildman–Crippen LogP) is 4.51. The van der Waals surface area contributed by atoms with E-state index in [2.05, 4.69) is 5.32 Å². The van der Waals surface area contributed by atoms with Crippen molar-refractivity contribution in [2.45, 2.75) is 52.3 Å². The summed E-state index contributed by atoms with van der Waals surface area (Å²) in [5.41, 5.74) is 1.80. The number of rotatable bonds is 7. The van der Waals surface area contributed by atoms with Crippen molar-refractivity contribution >= 4 is 17.5 Å². The highest BCUT2D eigenvalue weighted by molar-refractivity contribution is 5.87. The van der Waals surface area contributed by atoms with Crippen LogP contribution in [0.25, 0.3) is 0 Å². The number of hydrogen-bond donors (Lipinski definition) is 4. The molecular formula is C21H28N2O4. The van der Waals surface area contributed by atoms with Crippen LogP contribution in [0.1, 0.15) is 45.2 Å². The van der Waals surface area contributed by atoms with Crippen molar-refractivity contribution < 1.29 is 20.1 Å². The maximum absolute atomic E-state index is 11.5. The van der Waals surface area contributed by atoms with Gasteiger partial charge >= 0.3 is 6.09 Å². The summed E-state index contributed by atoms with van der Waals surface area (Å²) in [6.45, 7) is 7.67. The van der Waals surface area contributed by atoms with Crippen LogP contribution in [0.2, 0.25) is 0 Å². The maximum atomic E-state index is 11.5. The van der Waals surface area contributed by atoms with E-state index in [1.54, 1.807) is 26.0 Å². The Morgan fingerprint density at radius 2 is 1.93 bits per heavy atom. The van der Waals surface area contributed by atoms with Crippen molar-refractivity contribution in [3.05, 3.63) is 53.6 Å². The molecule has 0 fully saturated rings. The van der Waals surface area contributed by atoms with Gasteiger partial charge in [-0.05, 0) is 50.5 Å². The summed E-state index contributed by atoms with van der Waals surface area (Å²) in [6.07, 6.45) is -0.377. The molecule has 0 heterocycles. The molecule has 0 spiro atoms. The number of amides is 1. The van der Waals surface area contributed by atoms with Gasteiger partial charge in [-0.2, -0.15) is 0 Å². The molecule has 0 aliphatic carbocycles. The number of carboxylic acid groups (broad SMARTS) is 1. The summed E-state index contributed by atoms with van der Waals surface area (Å²) < 4.78 is 0. The van der Waals surface area contributed by atoms with E-state index < -0.39 is 11.7 Å². The van der Waals surface area contributed by atoms with Crippen LogP contribution < -0.4 is 10.2 Å². The molecular weight excluding hydrogens is 344 g/mol. The van der Waals surface area contributed by atoms with E-state index in [0.717, 1.165) is 11.1 Å². The molecule has 27 heavy (non-hydrogen) atoms. The molecule has 0 saturated heterocycles. The highest BCUT2D eigenvalue weighted by Gasteiger charge is 2.21. The van der Waals surface area contributed by atoms with Crippen molar-refractivity contribution in [3.63, 3.8) is 0 Å². The Morgan fingerprint density at radius 3 is 2.48 bits per heavy atom. The van der Waals surface area contributed by atoms with Gasteiger partial charge < -0.3 is 20.6 Å². The first-order chi connectivity index (χ1) is 12.6. The molecule has 0 radical (unpaired) electrons. The number of aromatic hydroxyl groups is 1. The van der Waals surface area contributed by atoms with Crippen molar-refractivity contribution in [2.75, 3.05) is 10.2 Å².